The smallest absolute Gasteiger partial charge is 0.185 e. The van der Waals surface area contributed by atoms with E-state index >= 15 is 0 Å². The van der Waals surface area contributed by atoms with Crippen LogP contribution in [0.25, 0.3) is 0 Å². The molecule has 2 rings (SSSR count). The molecule has 0 atom stereocenters. The molecule has 1 aliphatic heterocycles. The van der Waals surface area contributed by atoms with Crippen molar-refractivity contribution >= 4 is 16.5 Å². The first-order valence-corrected chi connectivity index (χ1v) is 7.42. The van der Waals surface area contributed by atoms with Crippen LogP contribution in [0.1, 0.15) is 32.4 Å². The summed E-state index contributed by atoms with van der Waals surface area (Å²) in [6.45, 7) is 7.91. The van der Waals surface area contributed by atoms with Crippen LogP contribution in [-0.4, -0.2) is 25.1 Å². The van der Waals surface area contributed by atoms with Gasteiger partial charge in [-0.3, -0.25) is 0 Å². The molecule has 0 spiro atoms. The summed E-state index contributed by atoms with van der Waals surface area (Å²) in [5.74, 6) is 1.73. The minimum atomic E-state index is 0.827. The van der Waals surface area contributed by atoms with Crippen molar-refractivity contribution < 1.29 is 0 Å². The molecule has 0 unspecified atom stereocenters. The van der Waals surface area contributed by atoms with Crippen LogP contribution in [0.3, 0.4) is 0 Å². The average molecular weight is 253 g/mol. The molecular weight excluding hydrogens is 230 g/mol. The minimum Gasteiger partial charge on any atom is -0.348 e. The molecular formula is C13H23N3S. The van der Waals surface area contributed by atoms with Crippen molar-refractivity contribution in [2.24, 2.45) is 11.8 Å². The molecule has 0 bridgehead atoms. The Labute approximate surface area is 108 Å². The molecule has 0 saturated carbocycles. The third kappa shape index (κ3) is 3.19. The van der Waals surface area contributed by atoms with Gasteiger partial charge in [0.05, 0.1) is 5.69 Å². The first-order valence-electron chi connectivity index (χ1n) is 6.54. The number of anilines is 1. The van der Waals surface area contributed by atoms with Gasteiger partial charge in [0.25, 0.3) is 0 Å². The quantitative estimate of drug-likeness (QED) is 0.894. The Hall–Kier alpha value is -0.610. The molecule has 2 heterocycles. The zero-order valence-corrected chi connectivity index (χ0v) is 11.9. The number of aromatic nitrogens is 1. The molecule has 4 heteroatoms. The lowest BCUT2D eigenvalue weighted by Crippen LogP contribution is -2.35. The van der Waals surface area contributed by atoms with Crippen LogP contribution in [0.15, 0.2) is 5.38 Å². The van der Waals surface area contributed by atoms with Crippen molar-refractivity contribution in [1.29, 1.82) is 0 Å². The largest absolute Gasteiger partial charge is 0.348 e. The van der Waals surface area contributed by atoms with Gasteiger partial charge in [-0.2, -0.15) is 0 Å². The zero-order valence-electron chi connectivity index (χ0n) is 11.1. The van der Waals surface area contributed by atoms with Crippen LogP contribution in [0.2, 0.25) is 0 Å². The Kier molecular flexibility index (Phi) is 4.40. The molecule has 0 aliphatic carbocycles. The van der Waals surface area contributed by atoms with E-state index in [1.165, 1.54) is 36.8 Å². The second-order valence-electron chi connectivity index (χ2n) is 5.22. The van der Waals surface area contributed by atoms with Crippen molar-refractivity contribution in [2.75, 3.05) is 25.0 Å². The van der Waals surface area contributed by atoms with Gasteiger partial charge in [-0.1, -0.05) is 13.8 Å². The molecule has 1 fully saturated rings. The van der Waals surface area contributed by atoms with Crippen LogP contribution in [0.5, 0.6) is 0 Å². The van der Waals surface area contributed by atoms with E-state index in [-0.39, 0.29) is 0 Å². The molecule has 17 heavy (non-hydrogen) atoms. The Balaban J connectivity index is 1.91. The summed E-state index contributed by atoms with van der Waals surface area (Å²) in [7, 11) is 1.97. The highest BCUT2D eigenvalue weighted by molar-refractivity contribution is 7.13. The number of thiazole rings is 1. The van der Waals surface area contributed by atoms with E-state index in [1.54, 1.807) is 11.3 Å². The summed E-state index contributed by atoms with van der Waals surface area (Å²) in [5.41, 5.74) is 1.17. The van der Waals surface area contributed by atoms with Crippen LogP contribution < -0.4 is 10.2 Å². The molecule has 0 aromatic carbocycles. The van der Waals surface area contributed by atoms with Crippen molar-refractivity contribution in [1.82, 2.24) is 10.3 Å². The maximum absolute atomic E-state index is 4.68. The first kappa shape index (κ1) is 12.8. The van der Waals surface area contributed by atoms with Gasteiger partial charge >= 0.3 is 0 Å². The fourth-order valence-electron chi connectivity index (χ4n) is 2.46. The Morgan fingerprint density at radius 3 is 2.76 bits per heavy atom. The third-order valence-electron chi connectivity index (χ3n) is 3.65. The first-order chi connectivity index (χ1) is 8.20. The van der Waals surface area contributed by atoms with Gasteiger partial charge < -0.3 is 10.2 Å². The topological polar surface area (TPSA) is 28.2 Å². The van der Waals surface area contributed by atoms with Crippen molar-refractivity contribution in [3.8, 4) is 0 Å². The maximum Gasteiger partial charge on any atom is 0.185 e. The van der Waals surface area contributed by atoms with E-state index in [1.807, 2.05) is 7.05 Å². The molecule has 1 aromatic rings. The molecule has 0 amide bonds. The monoisotopic (exact) mass is 253 g/mol. The molecule has 1 aromatic heterocycles. The molecule has 1 aliphatic rings. The predicted molar refractivity (Wildman–Crippen MR) is 74.7 cm³/mol. The second kappa shape index (κ2) is 5.83. The van der Waals surface area contributed by atoms with E-state index in [0.29, 0.717) is 0 Å². The van der Waals surface area contributed by atoms with E-state index in [0.717, 1.165) is 18.4 Å². The summed E-state index contributed by atoms with van der Waals surface area (Å²) in [6.07, 6.45) is 2.64. The lowest BCUT2D eigenvalue weighted by molar-refractivity contribution is 0.311. The highest BCUT2D eigenvalue weighted by atomic mass is 32.1. The van der Waals surface area contributed by atoms with Gasteiger partial charge in [0.15, 0.2) is 5.13 Å². The van der Waals surface area contributed by atoms with Crippen molar-refractivity contribution in [3.05, 3.63) is 11.1 Å². The number of nitrogens with one attached hydrogen (secondary N) is 1. The third-order valence-corrected chi connectivity index (χ3v) is 4.60. The summed E-state index contributed by atoms with van der Waals surface area (Å²) in [4.78, 5) is 7.12. The van der Waals surface area contributed by atoms with E-state index in [2.05, 4.69) is 34.4 Å². The normalized spacial score (nSPS) is 18.0. The van der Waals surface area contributed by atoms with Gasteiger partial charge in [-0.25, -0.2) is 4.98 Å². The van der Waals surface area contributed by atoms with E-state index in [4.69, 9.17) is 0 Å². The maximum atomic E-state index is 4.68. The van der Waals surface area contributed by atoms with Crippen LogP contribution in [0.4, 0.5) is 5.13 Å². The van der Waals surface area contributed by atoms with Gasteiger partial charge in [0.2, 0.25) is 0 Å². The highest BCUT2D eigenvalue weighted by Gasteiger charge is 2.22. The lowest BCUT2D eigenvalue weighted by Gasteiger charge is -2.33. The highest BCUT2D eigenvalue weighted by Crippen LogP contribution is 2.29. The van der Waals surface area contributed by atoms with Gasteiger partial charge in [-0.05, 0) is 31.7 Å². The van der Waals surface area contributed by atoms with E-state index in [9.17, 15) is 0 Å². The summed E-state index contributed by atoms with van der Waals surface area (Å²) in [6, 6.07) is 0. The van der Waals surface area contributed by atoms with Crippen molar-refractivity contribution in [2.45, 2.75) is 33.2 Å². The molecule has 0 radical (unpaired) electrons. The fraction of sp³-hybridized carbons (Fsp3) is 0.769. The summed E-state index contributed by atoms with van der Waals surface area (Å²) < 4.78 is 0. The lowest BCUT2D eigenvalue weighted by atomic mass is 9.87. The van der Waals surface area contributed by atoms with Gasteiger partial charge in [0.1, 0.15) is 0 Å². The van der Waals surface area contributed by atoms with E-state index < -0.39 is 0 Å². The number of hydrogen-bond acceptors (Lipinski definition) is 4. The Morgan fingerprint density at radius 2 is 2.18 bits per heavy atom. The predicted octanol–water partition coefficient (Wildman–Crippen LogP) is 2.73. The number of rotatable bonds is 4. The molecule has 3 nitrogen and oxygen atoms in total. The summed E-state index contributed by atoms with van der Waals surface area (Å²) >= 11 is 1.78. The Morgan fingerprint density at radius 1 is 1.47 bits per heavy atom. The fourth-order valence-corrected chi connectivity index (χ4v) is 3.34. The second-order valence-corrected chi connectivity index (χ2v) is 6.06. The minimum absolute atomic E-state index is 0.827. The number of piperidine rings is 1. The summed E-state index contributed by atoms with van der Waals surface area (Å²) in [5, 5.41) is 6.52. The zero-order chi connectivity index (χ0) is 12.3. The standard InChI is InChI=1S/C13H23N3S/c1-10(2)11-4-6-16(7-5-11)13-15-12(8-14-3)9-17-13/h9-11,14H,4-8H2,1-3H3. The van der Waals surface area contributed by atoms with Crippen LogP contribution >= 0.6 is 11.3 Å². The number of nitrogens with zero attached hydrogens (tertiary/aromatic N) is 2. The molecule has 1 N–H and O–H groups in total. The molecule has 1 saturated heterocycles. The average Bonchev–Trinajstić information content (AvgIpc) is 2.78. The number of hydrogen-bond donors (Lipinski definition) is 1. The van der Waals surface area contributed by atoms with Gasteiger partial charge in [0, 0.05) is 25.0 Å². The molecule has 96 valence electrons. The SMILES string of the molecule is CNCc1csc(N2CCC(C(C)C)CC2)n1. The van der Waals surface area contributed by atoms with Crippen molar-refractivity contribution in [3.63, 3.8) is 0 Å². The Bertz CT molecular complexity index is 340. The van der Waals surface area contributed by atoms with Crippen LogP contribution in [-0.2, 0) is 6.54 Å². The van der Waals surface area contributed by atoms with Gasteiger partial charge in [-0.15, -0.1) is 11.3 Å². The van der Waals surface area contributed by atoms with Crippen LogP contribution in [0, 0.1) is 11.8 Å².